The Hall–Kier alpha value is -3.61. The summed E-state index contributed by atoms with van der Waals surface area (Å²) in [5, 5.41) is 26.4. The lowest BCUT2D eigenvalue weighted by Crippen LogP contribution is -2.12. The minimum absolute atomic E-state index is 0.0882. The van der Waals surface area contributed by atoms with Gasteiger partial charge in [-0.05, 0) is 68.0 Å². The maximum absolute atomic E-state index is 12.8. The van der Waals surface area contributed by atoms with Crippen molar-refractivity contribution in [2.75, 3.05) is 16.4 Å². The molecule has 1 aliphatic rings. The van der Waals surface area contributed by atoms with Crippen molar-refractivity contribution in [1.82, 2.24) is 14.8 Å². The number of carbonyl (C=O) groups excluding carboxylic acids is 1. The third-order valence-electron chi connectivity index (χ3n) is 6.28. The summed E-state index contributed by atoms with van der Waals surface area (Å²) in [7, 11) is 0. The Balaban J connectivity index is 1.25. The van der Waals surface area contributed by atoms with Crippen LogP contribution in [-0.4, -0.2) is 26.4 Å². The molecule has 0 unspecified atom stereocenters. The van der Waals surface area contributed by atoms with E-state index in [0.29, 0.717) is 29.3 Å². The molecule has 4 aromatic rings. The average Bonchev–Trinajstić information content (AvgIpc) is 3.48. The van der Waals surface area contributed by atoms with Gasteiger partial charge in [-0.2, -0.15) is 5.26 Å². The van der Waals surface area contributed by atoms with Gasteiger partial charge < -0.3 is 10.6 Å². The molecule has 0 saturated carbocycles. The number of aromatic nitrogens is 3. The zero-order valence-corrected chi connectivity index (χ0v) is 22.3. The number of nitriles is 1. The minimum atomic E-state index is -0.0882. The van der Waals surface area contributed by atoms with Gasteiger partial charge in [0.1, 0.15) is 11.1 Å². The molecule has 0 radical (unpaired) electrons. The van der Waals surface area contributed by atoms with Crippen molar-refractivity contribution in [2.24, 2.45) is 0 Å². The lowest BCUT2D eigenvalue weighted by Gasteiger charge is -2.12. The van der Waals surface area contributed by atoms with E-state index in [4.69, 9.17) is 0 Å². The van der Waals surface area contributed by atoms with Gasteiger partial charge in [-0.15, -0.1) is 21.5 Å². The van der Waals surface area contributed by atoms with E-state index in [1.807, 2.05) is 47.0 Å². The summed E-state index contributed by atoms with van der Waals surface area (Å²) < 4.78 is 2.03. The van der Waals surface area contributed by atoms with E-state index < -0.39 is 0 Å². The van der Waals surface area contributed by atoms with Gasteiger partial charge in [-0.3, -0.25) is 9.36 Å². The summed E-state index contributed by atoms with van der Waals surface area (Å²) in [5.41, 5.74) is 4.97. The quantitative estimate of drug-likeness (QED) is 0.254. The second kappa shape index (κ2) is 11.6. The highest BCUT2D eigenvalue weighted by atomic mass is 32.2. The number of rotatable bonds is 9. The number of para-hydroxylation sites is 1. The molecule has 2 N–H and O–H groups in total. The smallest absolute Gasteiger partial charge is 0.225 e. The van der Waals surface area contributed by atoms with Gasteiger partial charge in [-0.25, -0.2) is 0 Å². The van der Waals surface area contributed by atoms with E-state index in [0.717, 1.165) is 53.6 Å². The van der Waals surface area contributed by atoms with Crippen molar-refractivity contribution in [3.8, 4) is 11.8 Å². The van der Waals surface area contributed by atoms with Crippen LogP contribution < -0.4 is 10.6 Å². The molecule has 0 saturated heterocycles. The molecule has 2 aromatic heterocycles. The van der Waals surface area contributed by atoms with Crippen LogP contribution in [0.4, 0.5) is 10.7 Å². The van der Waals surface area contributed by atoms with Crippen LogP contribution in [0, 0.1) is 18.3 Å². The summed E-state index contributed by atoms with van der Waals surface area (Å²) in [4.78, 5) is 14.0. The van der Waals surface area contributed by atoms with Crippen LogP contribution in [0.25, 0.3) is 5.69 Å². The van der Waals surface area contributed by atoms with Crippen LogP contribution in [0.3, 0.4) is 0 Å². The Labute approximate surface area is 224 Å². The van der Waals surface area contributed by atoms with Gasteiger partial charge in [0.05, 0.1) is 12.1 Å². The number of thiophene rings is 1. The minimum Gasteiger partial charge on any atom is -0.378 e. The third kappa shape index (κ3) is 5.87. The summed E-state index contributed by atoms with van der Waals surface area (Å²) in [5.74, 6) is 1.26. The van der Waals surface area contributed by atoms with Gasteiger partial charge in [0.25, 0.3) is 0 Å². The molecule has 1 amide bonds. The molecule has 0 fully saturated rings. The van der Waals surface area contributed by atoms with Crippen molar-refractivity contribution in [1.29, 1.82) is 5.26 Å². The number of carbonyl (C=O) groups is 1. The Bertz CT molecular complexity index is 1440. The first kappa shape index (κ1) is 25.1. The number of amides is 1. The Morgan fingerprint density at radius 2 is 1.97 bits per heavy atom. The number of fused-ring (bicyclic) bond motifs is 1. The molecule has 9 heteroatoms. The number of nitrogens with zero attached hydrogens (tertiary/aromatic N) is 4. The monoisotopic (exact) mass is 528 g/mol. The zero-order valence-electron chi connectivity index (χ0n) is 20.7. The molecule has 0 spiro atoms. The molecular formula is C28H28N6OS2. The number of hydrogen-bond donors (Lipinski definition) is 2. The predicted molar refractivity (Wildman–Crippen MR) is 150 cm³/mol. The van der Waals surface area contributed by atoms with Gasteiger partial charge in [0.2, 0.25) is 5.91 Å². The van der Waals surface area contributed by atoms with Crippen LogP contribution in [0.5, 0.6) is 0 Å². The fourth-order valence-electron chi connectivity index (χ4n) is 4.48. The largest absolute Gasteiger partial charge is 0.378 e. The molecule has 37 heavy (non-hydrogen) atoms. The summed E-state index contributed by atoms with van der Waals surface area (Å²) in [6, 6.07) is 20.5. The van der Waals surface area contributed by atoms with E-state index in [1.54, 1.807) is 11.3 Å². The van der Waals surface area contributed by atoms with Gasteiger partial charge in [0, 0.05) is 28.4 Å². The van der Waals surface area contributed by atoms with E-state index in [2.05, 4.69) is 46.0 Å². The van der Waals surface area contributed by atoms with Crippen molar-refractivity contribution >= 4 is 39.7 Å². The molecule has 2 heterocycles. The van der Waals surface area contributed by atoms with Crippen LogP contribution in [0.1, 0.15) is 46.7 Å². The highest BCUT2D eigenvalue weighted by Crippen LogP contribution is 2.37. The highest BCUT2D eigenvalue weighted by molar-refractivity contribution is 7.99. The van der Waals surface area contributed by atoms with E-state index in [-0.39, 0.29) is 5.91 Å². The maximum atomic E-state index is 12.8. The number of aryl methyl sites for hydroxylation is 2. The molecule has 188 valence electrons. The second-order valence-electron chi connectivity index (χ2n) is 8.97. The number of hydrogen-bond acceptors (Lipinski definition) is 7. The molecule has 0 atom stereocenters. The lowest BCUT2D eigenvalue weighted by atomic mass is 9.96. The topological polar surface area (TPSA) is 95.6 Å². The van der Waals surface area contributed by atoms with Crippen LogP contribution in [0.2, 0.25) is 0 Å². The van der Waals surface area contributed by atoms with Crippen molar-refractivity contribution in [3.63, 3.8) is 0 Å². The average molecular weight is 529 g/mol. The lowest BCUT2D eigenvalue weighted by molar-refractivity contribution is -0.115. The number of benzene rings is 2. The molecule has 2 aromatic carbocycles. The molecule has 0 aliphatic heterocycles. The van der Waals surface area contributed by atoms with Crippen LogP contribution >= 0.6 is 23.1 Å². The molecule has 1 aliphatic carbocycles. The first-order chi connectivity index (χ1) is 18.1. The molecular weight excluding hydrogens is 500 g/mol. The van der Waals surface area contributed by atoms with Crippen molar-refractivity contribution < 1.29 is 4.79 Å². The highest BCUT2D eigenvalue weighted by Gasteiger charge is 2.22. The fourth-order valence-corrected chi connectivity index (χ4v) is 6.64. The molecule has 7 nitrogen and oxygen atoms in total. The standard InChI is InChI=1S/C28H28N6OS2/c1-19-8-7-9-20(16-19)30-18-25-32-33-28(34(25)21-10-3-2-4-11-21)36-15-14-26(35)31-27-23(17-29)22-12-5-6-13-24(22)37-27/h2-4,7-11,16,30H,5-6,12-15,18H2,1H3,(H,31,35). The third-order valence-corrected chi connectivity index (χ3v) is 8.42. The van der Waals surface area contributed by atoms with Crippen molar-refractivity contribution in [2.45, 2.75) is 50.7 Å². The Kier molecular flexibility index (Phi) is 7.87. The summed E-state index contributed by atoms with van der Waals surface area (Å²) >= 11 is 3.06. The van der Waals surface area contributed by atoms with Crippen LogP contribution in [-0.2, 0) is 24.2 Å². The Morgan fingerprint density at radius 1 is 1.14 bits per heavy atom. The van der Waals surface area contributed by atoms with Gasteiger partial charge >= 0.3 is 0 Å². The fraction of sp³-hybridized carbons (Fsp3) is 0.286. The van der Waals surface area contributed by atoms with E-state index in [1.165, 1.54) is 22.2 Å². The molecule has 5 rings (SSSR count). The van der Waals surface area contributed by atoms with Gasteiger partial charge in [0.15, 0.2) is 11.0 Å². The first-order valence-corrected chi connectivity index (χ1v) is 14.2. The first-order valence-electron chi connectivity index (χ1n) is 12.4. The number of nitrogens with one attached hydrogen (secondary N) is 2. The summed E-state index contributed by atoms with van der Waals surface area (Å²) in [6.45, 7) is 2.59. The number of anilines is 2. The zero-order chi connectivity index (χ0) is 25.6. The summed E-state index contributed by atoms with van der Waals surface area (Å²) in [6.07, 6.45) is 4.49. The SMILES string of the molecule is Cc1cccc(NCc2nnc(SCCC(=O)Nc3sc4c(c3C#N)CCCC4)n2-c2ccccc2)c1. The normalized spacial score (nSPS) is 12.5. The van der Waals surface area contributed by atoms with Crippen LogP contribution in [0.15, 0.2) is 59.8 Å². The van der Waals surface area contributed by atoms with Crippen molar-refractivity contribution in [3.05, 3.63) is 82.0 Å². The second-order valence-corrected chi connectivity index (χ2v) is 11.1. The number of thioether (sulfide) groups is 1. The van der Waals surface area contributed by atoms with E-state index >= 15 is 0 Å². The maximum Gasteiger partial charge on any atom is 0.225 e. The molecule has 0 bridgehead atoms. The predicted octanol–water partition coefficient (Wildman–Crippen LogP) is 6.12. The Morgan fingerprint density at radius 3 is 2.78 bits per heavy atom. The van der Waals surface area contributed by atoms with E-state index in [9.17, 15) is 10.1 Å². The van der Waals surface area contributed by atoms with Gasteiger partial charge in [-0.1, -0.05) is 42.1 Å².